The largest absolute Gasteiger partial charge is 0.339 e. The molecule has 0 spiro atoms. The van der Waals surface area contributed by atoms with Gasteiger partial charge in [-0.05, 0) is 55.3 Å². The lowest BCUT2D eigenvalue weighted by Gasteiger charge is -2.15. The number of hydrogen-bond acceptors (Lipinski definition) is 4. The highest BCUT2D eigenvalue weighted by Gasteiger charge is 2.29. The number of pyridine rings is 1. The molecule has 0 radical (unpaired) electrons. The fourth-order valence-corrected chi connectivity index (χ4v) is 2.96. The Kier molecular flexibility index (Phi) is 4.22. The number of carbonyl (C=O) groups excluding carboxylic acids is 1. The summed E-state index contributed by atoms with van der Waals surface area (Å²) in [7, 11) is 0. The van der Waals surface area contributed by atoms with Crippen LogP contribution in [0.3, 0.4) is 0 Å². The maximum Gasteiger partial charge on any atom is 0.257 e. The number of nitrogens with zero attached hydrogens (tertiary/aromatic N) is 2. The van der Waals surface area contributed by atoms with Gasteiger partial charge in [-0.25, -0.2) is 0 Å². The van der Waals surface area contributed by atoms with Gasteiger partial charge in [-0.2, -0.15) is 0 Å². The number of benzene rings is 1. The fraction of sp³-hybridized carbons (Fsp3) is 0.190. The zero-order valence-electron chi connectivity index (χ0n) is 14.6. The van der Waals surface area contributed by atoms with E-state index in [0.717, 1.165) is 11.3 Å². The number of hydrogen-bond donors (Lipinski definition) is 1. The first-order valence-corrected chi connectivity index (χ1v) is 8.52. The normalized spacial score (nSPS) is 21.0. The van der Waals surface area contributed by atoms with Crippen molar-refractivity contribution in [2.75, 3.05) is 0 Å². The van der Waals surface area contributed by atoms with Crippen LogP contribution in [-0.4, -0.2) is 22.7 Å². The molecule has 0 saturated carbocycles. The van der Waals surface area contributed by atoms with Gasteiger partial charge in [-0.15, -0.1) is 0 Å². The number of nitrogens with one attached hydrogen (secondary N) is 1. The van der Waals surface area contributed by atoms with Crippen LogP contribution in [0, 0.1) is 13.8 Å². The van der Waals surface area contributed by atoms with Crippen molar-refractivity contribution in [3.63, 3.8) is 0 Å². The van der Waals surface area contributed by atoms with Crippen molar-refractivity contribution in [1.29, 1.82) is 0 Å². The van der Waals surface area contributed by atoms with E-state index in [-0.39, 0.29) is 18.2 Å². The van der Waals surface area contributed by atoms with E-state index in [9.17, 15) is 4.79 Å². The molecule has 1 aliphatic heterocycles. The van der Waals surface area contributed by atoms with E-state index in [1.165, 1.54) is 17.3 Å². The minimum atomic E-state index is -0.316. The van der Waals surface area contributed by atoms with E-state index >= 15 is 0 Å². The Morgan fingerprint density at radius 2 is 2.08 bits per heavy atom. The highest BCUT2D eigenvalue weighted by Crippen LogP contribution is 2.31. The Morgan fingerprint density at radius 1 is 1.19 bits per heavy atom. The predicted octanol–water partition coefficient (Wildman–Crippen LogP) is 3.42. The standard InChI is InChI=1S/C21H19N3O2/c1-13-5-6-15(10-14(13)2)21-24-18-11-17(7-8-19(18)26-21)23-20(25)16-4-3-9-22-12-16/h3-12,19,21H,1-2H3,(H,23,25). The third-order valence-electron chi connectivity index (χ3n) is 4.59. The molecule has 2 atom stereocenters. The molecule has 1 aliphatic carbocycles. The lowest BCUT2D eigenvalue weighted by atomic mass is 10.1. The topological polar surface area (TPSA) is 63.6 Å². The molecule has 5 nitrogen and oxygen atoms in total. The maximum atomic E-state index is 12.3. The number of ether oxygens (including phenoxy) is 1. The smallest absolute Gasteiger partial charge is 0.257 e. The number of aryl methyl sites for hydroxylation is 2. The monoisotopic (exact) mass is 345 g/mol. The lowest BCUT2D eigenvalue weighted by molar-refractivity contribution is 0.0732. The molecular formula is C21H19N3O2. The van der Waals surface area contributed by atoms with Crippen LogP contribution in [0.2, 0.25) is 0 Å². The summed E-state index contributed by atoms with van der Waals surface area (Å²) in [6.45, 7) is 4.17. The van der Waals surface area contributed by atoms with E-state index in [1.54, 1.807) is 18.3 Å². The predicted molar refractivity (Wildman–Crippen MR) is 99.9 cm³/mol. The Hall–Kier alpha value is -3.05. The van der Waals surface area contributed by atoms with Gasteiger partial charge in [0.25, 0.3) is 5.91 Å². The number of carbonyl (C=O) groups is 1. The van der Waals surface area contributed by atoms with Crippen molar-refractivity contribution in [1.82, 2.24) is 10.3 Å². The molecule has 0 fully saturated rings. The summed E-state index contributed by atoms with van der Waals surface area (Å²) in [4.78, 5) is 20.9. The van der Waals surface area contributed by atoms with Crippen LogP contribution in [0.15, 0.2) is 71.6 Å². The Balaban J connectivity index is 1.52. The zero-order chi connectivity index (χ0) is 18.1. The molecule has 0 saturated heterocycles. The fourth-order valence-electron chi connectivity index (χ4n) is 2.96. The number of aliphatic imine (C=N–C) groups is 1. The average molecular weight is 345 g/mol. The summed E-state index contributed by atoms with van der Waals surface area (Å²) in [5, 5.41) is 2.88. The highest BCUT2D eigenvalue weighted by molar-refractivity contribution is 6.04. The Labute approximate surface area is 152 Å². The molecule has 0 bridgehead atoms. The highest BCUT2D eigenvalue weighted by atomic mass is 16.5. The van der Waals surface area contributed by atoms with E-state index in [0.29, 0.717) is 11.3 Å². The van der Waals surface area contributed by atoms with Crippen LogP contribution in [0.25, 0.3) is 0 Å². The number of allylic oxidation sites excluding steroid dienone is 1. The minimum Gasteiger partial charge on any atom is -0.339 e. The number of amides is 1. The van der Waals surface area contributed by atoms with Gasteiger partial charge in [0, 0.05) is 23.7 Å². The van der Waals surface area contributed by atoms with Crippen molar-refractivity contribution in [3.8, 4) is 0 Å². The summed E-state index contributed by atoms with van der Waals surface area (Å²) >= 11 is 0. The zero-order valence-corrected chi connectivity index (χ0v) is 14.6. The summed E-state index contributed by atoms with van der Waals surface area (Å²) in [6.07, 6.45) is 8.30. The summed E-state index contributed by atoms with van der Waals surface area (Å²) < 4.78 is 6.03. The molecule has 1 N–H and O–H groups in total. The van der Waals surface area contributed by atoms with Gasteiger partial charge < -0.3 is 10.1 Å². The van der Waals surface area contributed by atoms with E-state index in [2.05, 4.69) is 41.3 Å². The van der Waals surface area contributed by atoms with Crippen molar-refractivity contribution in [2.24, 2.45) is 4.99 Å². The van der Waals surface area contributed by atoms with Crippen LogP contribution in [0.1, 0.15) is 33.3 Å². The van der Waals surface area contributed by atoms with Crippen molar-refractivity contribution in [3.05, 3.63) is 88.9 Å². The SMILES string of the molecule is Cc1ccc(C2N=C3C=C(NC(=O)c4cccnc4)C=CC3O2)cc1C. The molecule has 26 heavy (non-hydrogen) atoms. The second kappa shape index (κ2) is 6.69. The molecule has 5 heteroatoms. The van der Waals surface area contributed by atoms with Gasteiger partial charge in [-0.3, -0.25) is 14.8 Å². The molecule has 1 aromatic heterocycles. The second-order valence-electron chi connectivity index (χ2n) is 6.46. The van der Waals surface area contributed by atoms with Crippen molar-refractivity contribution in [2.45, 2.75) is 26.2 Å². The van der Waals surface area contributed by atoms with Gasteiger partial charge >= 0.3 is 0 Å². The van der Waals surface area contributed by atoms with Crippen LogP contribution >= 0.6 is 0 Å². The van der Waals surface area contributed by atoms with E-state index in [4.69, 9.17) is 4.74 Å². The van der Waals surface area contributed by atoms with Crippen LogP contribution < -0.4 is 5.32 Å². The van der Waals surface area contributed by atoms with Gasteiger partial charge in [-0.1, -0.05) is 18.2 Å². The van der Waals surface area contributed by atoms with Gasteiger partial charge in [0.2, 0.25) is 0 Å². The average Bonchev–Trinajstić information content (AvgIpc) is 3.08. The molecule has 4 rings (SSSR count). The summed E-state index contributed by atoms with van der Waals surface area (Å²) in [5.41, 5.74) is 5.53. The molecule has 1 aromatic carbocycles. The number of aromatic nitrogens is 1. The molecule has 2 heterocycles. The van der Waals surface area contributed by atoms with E-state index in [1.807, 2.05) is 24.3 Å². The number of fused-ring (bicyclic) bond motifs is 1. The minimum absolute atomic E-state index is 0.180. The van der Waals surface area contributed by atoms with Gasteiger partial charge in [0.15, 0.2) is 6.23 Å². The first kappa shape index (κ1) is 16.4. The summed E-state index contributed by atoms with van der Waals surface area (Å²) in [5.74, 6) is -0.197. The molecule has 130 valence electrons. The summed E-state index contributed by atoms with van der Waals surface area (Å²) in [6, 6.07) is 9.71. The third-order valence-corrected chi connectivity index (χ3v) is 4.59. The Morgan fingerprint density at radius 3 is 2.85 bits per heavy atom. The molecule has 2 unspecified atom stereocenters. The third kappa shape index (κ3) is 3.21. The molecule has 2 aromatic rings. The second-order valence-corrected chi connectivity index (χ2v) is 6.46. The van der Waals surface area contributed by atoms with E-state index < -0.39 is 0 Å². The molecule has 2 aliphatic rings. The van der Waals surface area contributed by atoms with Crippen molar-refractivity contribution < 1.29 is 9.53 Å². The Bertz CT molecular complexity index is 945. The van der Waals surface area contributed by atoms with Crippen molar-refractivity contribution >= 4 is 11.6 Å². The van der Waals surface area contributed by atoms with Crippen LogP contribution in [0.4, 0.5) is 0 Å². The van der Waals surface area contributed by atoms with Crippen LogP contribution in [-0.2, 0) is 4.74 Å². The quantitative estimate of drug-likeness (QED) is 0.927. The maximum absolute atomic E-state index is 12.3. The first-order valence-electron chi connectivity index (χ1n) is 8.52. The molecular weight excluding hydrogens is 326 g/mol. The van der Waals surface area contributed by atoms with Crippen LogP contribution in [0.5, 0.6) is 0 Å². The van der Waals surface area contributed by atoms with Gasteiger partial charge in [0.05, 0.1) is 11.3 Å². The number of rotatable bonds is 3. The first-order chi connectivity index (χ1) is 12.6. The lowest BCUT2D eigenvalue weighted by Crippen LogP contribution is -2.26. The molecule has 1 amide bonds. The van der Waals surface area contributed by atoms with Gasteiger partial charge in [0.1, 0.15) is 6.10 Å².